The van der Waals surface area contributed by atoms with Crippen LogP contribution in [0.25, 0.3) is 5.70 Å². The van der Waals surface area contributed by atoms with Crippen molar-refractivity contribution in [3.8, 4) is 0 Å². The van der Waals surface area contributed by atoms with Gasteiger partial charge in [0.1, 0.15) is 0 Å². The van der Waals surface area contributed by atoms with Crippen LogP contribution in [-0.4, -0.2) is 11.6 Å². The van der Waals surface area contributed by atoms with E-state index in [1.165, 1.54) is 5.56 Å². The maximum absolute atomic E-state index is 13.2. The summed E-state index contributed by atoms with van der Waals surface area (Å²) < 4.78 is 0. The number of Topliss-reactive ketones (excluding diaryl/α,β-unsaturated/α-hetero) is 2. The first-order valence-corrected chi connectivity index (χ1v) is 9.37. The molecular formula is C24H23NO2. The van der Waals surface area contributed by atoms with Crippen molar-refractivity contribution in [1.82, 2.24) is 5.32 Å². The lowest BCUT2D eigenvalue weighted by Gasteiger charge is -2.29. The van der Waals surface area contributed by atoms with Crippen molar-refractivity contribution in [2.24, 2.45) is 0 Å². The van der Waals surface area contributed by atoms with E-state index in [0.29, 0.717) is 22.6 Å². The summed E-state index contributed by atoms with van der Waals surface area (Å²) in [5.74, 6) is 0.106. The second-order valence-electron chi connectivity index (χ2n) is 7.64. The third kappa shape index (κ3) is 2.66. The fourth-order valence-electron chi connectivity index (χ4n) is 4.20. The Hall–Kier alpha value is -2.94. The molecule has 0 radical (unpaired) electrons. The van der Waals surface area contributed by atoms with E-state index >= 15 is 0 Å². The lowest BCUT2D eigenvalue weighted by molar-refractivity contribution is -0.113. The molecule has 1 aliphatic heterocycles. The van der Waals surface area contributed by atoms with Crippen molar-refractivity contribution < 1.29 is 9.59 Å². The van der Waals surface area contributed by atoms with Crippen LogP contribution < -0.4 is 5.32 Å². The molecular weight excluding hydrogens is 334 g/mol. The maximum atomic E-state index is 13.2. The maximum Gasteiger partial charge on any atom is 0.192 e. The molecule has 3 nitrogen and oxygen atoms in total. The number of ketones is 2. The zero-order valence-corrected chi connectivity index (χ0v) is 16.1. The molecule has 0 bridgehead atoms. The molecule has 0 saturated heterocycles. The Balaban J connectivity index is 1.91. The van der Waals surface area contributed by atoms with E-state index in [2.05, 4.69) is 43.4 Å². The van der Waals surface area contributed by atoms with Gasteiger partial charge in [-0.05, 0) is 30.9 Å². The van der Waals surface area contributed by atoms with E-state index < -0.39 is 0 Å². The highest BCUT2D eigenvalue weighted by atomic mass is 16.1. The van der Waals surface area contributed by atoms with Crippen molar-refractivity contribution in [2.45, 2.75) is 39.5 Å². The number of rotatable bonds is 3. The van der Waals surface area contributed by atoms with Gasteiger partial charge in [-0.25, -0.2) is 0 Å². The van der Waals surface area contributed by atoms with E-state index in [1.807, 2.05) is 31.2 Å². The topological polar surface area (TPSA) is 46.2 Å². The lowest BCUT2D eigenvalue weighted by Crippen LogP contribution is -2.27. The first-order chi connectivity index (χ1) is 12.9. The summed E-state index contributed by atoms with van der Waals surface area (Å²) in [7, 11) is 0. The highest BCUT2D eigenvalue weighted by molar-refractivity contribution is 6.23. The van der Waals surface area contributed by atoms with E-state index in [4.69, 9.17) is 0 Å². The first-order valence-electron chi connectivity index (χ1n) is 9.37. The molecule has 0 amide bonds. The van der Waals surface area contributed by atoms with Gasteiger partial charge in [0.05, 0.1) is 5.70 Å². The van der Waals surface area contributed by atoms with Crippen molar-refractivity contribution in [1.29, 1.82) is 0 Å². The van der Waals surface area contributed by atoms with Crippen molar-refractivity contribution in [3.05, 3.63) is 87.6 Å². The number of carbonyl (C=O) groups is 2. The van der Waals surface area contributed by atoms with Crippen molar-refractivity contribution >= 4 is 17.3 Å². The Morgan fingerprint density at radius 1 is 1.00 bits per heavy atom. The summed E-state index contributed by atoms with van der Waals surface area (Å²) in [6, 6.07) is 16.0. The van der Waals surface area contributed by atoms with Crippen LogP contribution in [0.2, 0.25) is 0 Å². The van der Waals surface area contributed by atoms with Gasteiger partial charge in [-0.3, -0.25) is 9.59 Å². The Kier molecular flexibility index (Phi) is 4.11. The largest absolute Gasteiger partial charge is 0.358 e. The minimum Gasteiger partial charge on any atom is -0.358 e. The SMILES string of the molecule is CC(=O)C1=C(C)NC2=C(C(=O)c3ccccc32)[C@H]1c1ccc(C(C)C)cc1. The summed E-state index contributed by atoms with van der Waals surface area (Å²) in [5, 5.41) is 3.34. The monoisotopic (exact) mass is 357 g/mol. The third-order valence-corrected chi connectivity index (χ3v) is 5.56. The van der Waals surface area contributed by atoms with Crippen molar-refractivity contribution in [3.63, 3.8) is 0 Å². The second kappa shape index (κ2) is 6.34. The second-order valence-corrected chi connectivity index (χ2v) is 7.64. The van der Waals surface area contributed by atoms with Gasteiger partial charge in [0, 0.05) is 33.9 Å². The Morgan fingerprint density at radius 3 is 2.22 bits per heavy atom. The zero-order valence-electron chi connectivity index (χ0n) is 16.1. The quantitative estimate of drug-likeness (QED) is 0.844. The van der Waals surface area contributed by atoms with E-state index in [9.17, 15) is 9.59 Å². The summed E-state index contributed by atoms with van der Waals surface area (Å²) in [4.78, 5) is 25.7. The zero-order chi connectivity index (χ0) is 19.3. The molecule has 1 heterocycles. The van der Waals surface area contributed by atoms with Crippen LogP contribution in [0.3, 0.4) is 0 Å². The highest BCUT2D eigenvalue weighted by Crippen LogP contribution is 2.46. The van der Waals surface area contributed by atoms with E-state index in [1.54, 1.807) is 6.92 Å². The number of nitrogens with one attached hydrogen (secondary N) is 1. The summed E-state index contributed by atoms with van der Waals surface area (Å²) >= 11 is 0. The molecule has 1 atom stereocenters. The van der Waals surface area contributed by atoms with Gasteiger partial charge in [-0.15, -0.1) is 0 Å². The molecule has 0 unspecified atom stereocenters. The van der Waals surface area contributed by atoms with Gasteiger partial charge in [0.25, 0.3) is 0 Å². The molecule has 27 heavy (non-hydrogen) atoms. The predicted octanol–water partition coefficient (Wildman–Crippen LogP) is 4.97. The fourth-order valence-corrected chi connectivity index (χ4v) is 4.20. The van der Waals surface area contributed by atoms with Crippen LogP contribution in [0.4, 0.5) is 0 Å². The molecule has 2 aromatic carbocycles. The number of hydrogen-bond acceptors (Lipinski definition) is 3. The lowest BCUT2D eigenvalue weighted by atomic mass is 9.78. The van der Waals surface area contributed by atoms with Gasteiger partial charge in [0.15, 0.2) is 11.6 Å². The number of fused-ring (bicyclic) bond motifs is 2. The number of benzene rings is 2. The molecule has 1 N–H and O–H groups in total. The van der Waals surface area contributed by atoms with Crippen LogP contribution in [0.15, 0.2) is 65.4 Å². The average Bonchev–Trinajstić information content (AvgIpc) is 2.93. The number of hydrogen-bond donors (Lipinski definition) is 1. The molecule has 0 fully saturated rings. The molecule has 3 heteroatoms. The number of allylic oxidation sites excluding steroid dienone is 3. The van der Waals surface area contributed by atoms with Crippen LogP contribution in [0.5, 0.6) is 0 Å². The fraction of sp³-hybridized carbons (Fsp3) is 0.250. The summed E-state index contributed by atoms with van der Waals surface area (Å²) in [6.07, 6.45) is 0. The summed E-state index contributed by atoms with van der Waals surface area (Å²) in [6.45, 7) is 7.81. The number of dihydropyridines is 1. The Labute approximate surface area is 159 Å². The molecule has 0 aromatic heterocycles. The molecule has 2 aromatic rings. The molecule has 0 spiro atoms. The molecule has 136 valence electrons. The first kappa shape index (κ1) is 17.5. The minimum absolute atomic E-state index is 0.00626. The smallest absolute Gasteiger partial charge is 0.192 e. The van der Waals surface area contributed by atoms with Crippen LogP contribution >= 0.6 is 0 Å². The Bertz CT molecular complexity index is 1020. The van der Waals surface area contributed by atoms with Gasteiger partial charge >= 0.3 is 0 Å². The normalized spacial score (nSPS) is 18.6. The third-order valence-electron chi connectivity index (χ3n) is 5.56. The van der Waals surface area contributed by atoms with Gasteiger partial charge in [-0.1, -0.05) is 62.4 Å². The molecule has 2 aliphatic rings. The molecule has 1 aliphatic carbocycles. The van der Waals surface area contributed by atoms with E-state index in [-0.39, 0.29) is 17.5 Å². The van der Waals surface area contributed by atoms with Crippen LogP contribution in [-0.2, 0) is 4.79 Å². The van der Waals surface area contributed by atoms with E-state index in [0.717, 1.165) is 22.5 Å². The van der Waals surface area contributed by atoms with Crippen LogP contribution in [0, 0.1) is 0 Å². The van der Waals surface area contributed by atoms with Gasteiger partial charge in [0.2, 0.25) is 0 Å². The minimum atomic E-state index is -0.333. The standard InChI is InChI=1S/C24H23NO2/c1-13(2)16-9-11-17(12-10-16)21-20(15(4)26)14(3)25-23-18-7-5-6-8-19(18)24(27)22(21)23/h5-13,21,25H,1-4H3/t21-/m0/s1. The highest BCUT2D eigenvalue weighted by Gasteiger charge is 2.41. The van der Waals surface area contributed by atoms with Crippen molar-refractivity contribution in [2.75, 3.05) is 0 Å². The molecule has 4 rings (SSSR count). The van der Waals surface area contributed by atoms with Gasteiger partial charge in [-0.2, -0.15) is 0 Å². The molecule has 0 saturated carbocycles. The van der Waals surface area contributed by atoms with Crippen LogP contribution in [0.1, 0.15) is 66.6 Å². The number of carbonyl (C=O) groups excluding carboxylic acids is 2. The average molecular weight is 357 g/mol. The van der Waals surface area contributed by atoms with Gasteiger partial charge < -0.3 is 5.32 Å². The Morgan fingerprint density at radius 2 is 1.63 bits per heavy atom. The summed E-state index contributed by atoms with van der Waals surface area (Å²) in [5.41, 5.74) is 6.88. The predicted molar refractivity (Wildman–Crippen MR) is 107 cm³/mol.